The van der Waals surface area contributed by atoms with Gasteiger partial charge in [-0.2, -0.15) is 17.4 Å². The Morgan fingerprint density at radius 2 is 2.00 bits per heavy atom. The van der Waals surface area contributed by atoms with Crippen LogP contribution < -0.4 is 4.72 Å². The van der Waals surface area contributed by atoms with Crippen molar-refractivity contribution in [3.63, 3.8) is 0 Å². The first-order valence-corrected chi connectivity index (χ1v) is 7.39. The van der Waals surface area contributed by atoms with Crippen LogP contribution in [-0.2, 0) is 10.2 Å². The Labute approximate surface area is 108 Å². The minimum atomic E-state index is -3.49. The number of nitrogens with zero attached hydrogens (tertiary/aromatic N) is 1. The van der Waals surface area contributed by atoms with Gasteiger partial charge < -0.3 is 5.11 Å². The van der Waals surface area contributed by atoms with Crippen LogP contribution in [0.5, 0.6) is 5.75 Å². The molecule has 0 bridgehead atoms. The molecular weight excluding hydrogens is 252 g/mol. The van der Waals surface area contributed by atoms with E-state index in [1.165, 1.54) is 11.4 Å². The molecule has 1 fully saturated rings. The molecule has 0 radical (unpaired) electrons. The van der Waals surface area contributed by atoms with E-state index in [1.54, 1.807) is 31.2 Å². The van der Waals surface area contributed by atoms with Crippen molar-refractivity contribution in [1.29, 1.82) is 0 Å². The highest BCUT2D eigenvalue weighted by Crippen LogP contribution is 2.29. The Morgan fingerprint density at radius 3 is 2.56 bits per heavy atom. The summed E-state index contributed by atoms with van der Waals surface area (Å²) >= 11 is 0. The lowest BCUT2D eigenvalue weighted by atomic mass is 10.1. The number of para-hydroxylation sites is 1. The maximum atomic E-state index is 12.0. The Balaban J connectivity index is 2.17. The molecule has 5 nitrogen and oxygen atoms in total. The molecule has 1 aliphatic carbocycles. The Bertz CT molecular complexity index is 526. The minimum absolute atomic E-state index is 0.0778. The summed E-state index contributed by atoms with van der Waals surface area (Å²) in [6.45, 7) is 1.75. The molecule has 1 aliphatic rings. The van der Waals surface area contributed by atoms with Crippen LogP contribution in [0.1, 0.15) is 31.4 Å². The van der Waals surface area contributed by atoms with Crippen molar-refractivity contribution in [1.82, 2.24) is 9.03 Å². The first kappa shape index (κ1) is 13.3. The molecule has 0 amide bonds. The van der Waals surface area contributed by atoms with Gasteiger partial charge in [0.15, 0.2) is 0 Å². The van der Waals surface area contributed by atoms with Gasteiger partial charge in [0.05, 0.1) is 6.04 Å². The molecule has 18 heavy (non-hydrogen) atoms. The summed E-state index contributed by atoms with van der Waals surface area (Å²) in [7, 11) is -1.97. The highest BCUT2D eigenvalue weighted by atomic mass is 32.2. The average molecular weight is 270 g/mol. The number of nitrogens with one attached hydrogen (secondary N) is 1. The second-order valence-corrected chi connectivity index (χ2v) is 6.41. The van der Waals surface area contributed by atoms with E-state index in [-0.39, 0.29) is 11.8 Å². The number of hydrogen-bond donors (Lipinski definition) is 2. The Kier molecular flexibility index (Phi) is 3.61. The molecule has 0 aromatic heterocycles. The normalized spacial score (nSPS) is 17.9. The molecule has 0 aliphatic heterocycles. The molecule has 0 heterocycles. The summed E-state index contributed by atoms with van der Waals surface area (Å²) in [5, 5.41) is 9.75. The van der Waals surface area contributed by atoms with Crippen LogP contribution in [0, 0.1) is 0 Å². The second-order valence-electron chi connectivity index (χ2n) is 4.65. The molecule has 2 rings (SSSR count). The number of phenolic OH excluding ortho intramolecular Hbond substituents is 1. The van der Waals surface area contributed by atoms with Crippen molar-refractivity contribution in [3.8, 4) is 5.75 Å². The van der Waals surface area contributed by atoms with E-state index in [4.69, 9.17) is 0 Å². The summed E-state index contributed by atoms with van der Waals surface area (Å²) < 4.78 is 27.9. The van der Waals surface area contributed by atoms with E-state index in [1.807, 2.05) is 0 Å². The second kappa shape index (κ2) is 4.87. The predicted octanol–water partition coefficient (Wildman–Crippen LogP) is 1.38. The number of hydrogen-bond acceptors (Lipinski definition) is 3. The third-order valence-electron chi connectivity index (χ3n) is 3.20. The molecule has 100 valence electrons. The first-order valence-electron chi connectivity index (χ1n) is 5.95. The van der Waals surface area contributed by atoms with E-state index >= 15 is 0 Å². The lowest BCUT2D eigenvalue weighted by Gasteiger charge is -2.25. The predicted molar refractivity (Wildman–Crippen MR) is 69.4 cm³/mol. The molecular formula is C12H18N2O3S. The minimum Gasteiger partial charge on any atom is -0.508 e. The fraction of sp³-hybridized carbons (Fsp3) is 0.500. The van der Waals surface area contributed by atoms with Gasteiger partial charge in [0, 0.05) is 18.7 Å². The van der Waals surface area contributed by atoms with Crippen LogP contribution in [-0.4, -0.2) is 30.9 Å². The van der Waals surface area contributed by atoms with Gasteiger partial charge >= 0.3 is 0 Å². The molecule has 0 spiro atoms. The van der Waals surface area contributed by atoms with Crippen molar-refractivity contribution >= 4 is 10.2 Å². The van der Waals surface area contributed by atoms with Crippen molar-refractivity contribution in [3.05, 3.63) is 29.8 Å². The summed E-state index contributed by atoms with van der Waals surface area (Å²) in [5.74, 6) is 0.110. The van der Waals surface area contributed by atoms with Crippen molar-refractivity contribution in [2.45, 2.75) is 31.8 Å². The molecule has 1 aromatic rings. The maximum absolute atomic E-state index is 12.0. The number of benzene rings is 1. The quantitative estimate of drug-likeness (QED) is 0.849. The van der Waals surface area contributed by atoms with Crippen LogP contribution in [0.25, 0.3) is 0 Å². The van der Waals surface area contributed by atoms with Crippen LogP contribution in [0.2, 0.25) is 0 Å². The van der Waals surface area contributed by atoms with Crippen LogP contribution in [0.15, 0.2) is 24.3 Å². The summed E-state index contributed by atoms with van der Waals surface area (Å²) in [5.41, 5.74) is 0.598. The molecule has 1 atom stereocenters. The fourth-order valence-electron chi connectivity index (χ4n) is 1.74. The maximum Gasteiger partial charge on any atom is 0.279 e. The van der Waals surface area contributed by atoms with Gasteiger partial charge in [0.2, 0.25) is 0 Å². The SMILES string of the molecule is CC(c1ccccc1O)N(C)S(=O)(=O)NC1CC1. The largest absolute Gasteiger partial charge is 0.508 e. The fourth-order valence-corrected chi connectivity index (χ4v) is 3.09. The van der Waals surface area contributed by atoms with E-state index in [9.17, 15) is 13.5 Å². The summed E-state index contributed by atoms with van der Waals surface area (Å²) in [6, 6.07) is 6.43. The molecule has 1 unspecified atom stereocenters. The van der Waals surface area contributed by atoms with Gasteiger partial charge in [-0.05, 0) is 25.8 Å². The molecule has 0 saturated heterocycles. The third-order valence-corrected chi connectivity index (χ3v) is 4.91. The standard InChI is InChI=1S/C12H18N2O3S/c1-9(11-5-3-4-6-12(11)15)14(2)18(16,17)13-10-7-8-10/h3-6,9-10,13,15H,7-8H2,1-2H3. The van der Waals surface area contributed by atoms with Gasteiger partial charge in [-0.1, -0.05) is 18.2 Å². The van der Waals surface area contributed by atoms with Crippen molar-refractivity contribution in [2.75, 3.05) is 7.05 Å². The van der Waals surface area contributed by atoms with E-state index in [0.717, 1.165) is 12.8 Å². The topological polar surface area (TPSA) is 69.6 Å². The number of rotatable bonds is 5. The lowest BCUT2D eigenvalue weighted by Crippen LogP contribution is -2.40. The van der Waals surface area contributed by atoms with Crippen molar-refractivity contribution < 1.29 is 13.5 Å². The van der Waals surface area contributed by atoms with E-state index < -0.39 is 16.3 Å². The van der Waals surface area contributed by atoms with Crippen LogP contribution >= 0.6 is 0 Å². The van der Waals surface area contributed by atoms with Crippen LogP contribution in [0.3, 0.4) is 0 Å². The zero-order valence-electron chi connectivity index (χ0n) is 10.5. The van der Waals surface area contributed by atoms with Gasteiger partial charge in [-0.25, -0.2) is 0 Å². The molecule has 1 aromatic carbocycles. The van der Waals surface area contributed by atoms with Crippen LogP contribution in [0.4, 0.5) is 0 Å². The molecule has 6 heteroatoms. The molecule has 2 N–H and O–H groups in total. The van der Waals surface area contributed by atoms with E-state index in [0.29, 0.717) is 5.56 Å². The smallest absolute Gasteiger partial charge is 0.279 e. The highest BCUT2D eigenvalue weighted by molar-refractivity contribution is 7.87. The zero-order chi connectivity index (χ0) is 13.3. The first-order chi connectivity index (χ1) is 8.42. The summed E-state index contributed by atoms with van der Waals surface area (Å²) in [6.07, 6.45) is 1.80. The Morgan fingerprint density at radius 1 is 1.39 bits per heavy atom. The number of phenols is 1. The highest BCUT2D eigenvalue weighted by Gasteiger charge is 2.32. The number of aromatic hydroxyl groups is 1. The van der Waals surface area contributed by atoms with Crippen molar-refractivity contribution in [2.24, 2.45) is 0 Å². The van der Waals surface area contributed by atoms with Gasteiger partial charge in [-0.15, -0.1) is 0 Å². The van der Waals surface area contributed by atoms with Gasteiger partial charge in [0.1, 0.15) is 5.75 Å². The third kappa shape index (κ3) is 2.82. The zero-order valence-corrected chi connectivity index (χ0v) is 11.3. The van der Waals surface area contributed by atoms with Gasteiger partial charge in [0.25, 0.3) is 10.2 Å². The average Bonchev–Trinajstić information content (AvgIpc) is 3.11. The lowest BCUT2D eigenvalue weighted by molar-refractivity contribution is 0.375. The Hall–Kier alpha value is -1.11. The molecule has 1 saturated carbocycles. The monoisotopic (exact) mass is 270 g/mol. The van der Waals surface area contributed by atoms with E-state index in [2.05, 4.69) is 4.72 Å². The summed E-state index contributed by atoms with van der Waals surface area (Å²) in [4.78, 5) is 0. The van der Waals surface area contributed by atoms with Gasteiger partial charge in [-0.3, -0.25) is 0 Å².